The van der Waals surface area contributed by atoms with Gasteiger partial charge in [0.15, 0.2) is 0 Å². The third kappa shape index (κ3) is 6.04. The molecule has 0 bridgehead atoms. The minimum absolute atomic E-state index is 0.101. The van der Waals surface area contributed by atoms with Crippen LogP contribution in [-0.4, -0.2) is 43.6 Å². The lowest BCUT2D eigenvalue weighted by atomic mass is 9.86. The average molecular weight is 339 g/mol. The number of halogens is 1. The summed E-state index contributed by atoms with van der Waals surface area (Å²) in [5.74, 6) is 1.37. The third-order valence-corrected chi connectivity index (χ3v) is 4.75. The summed E-state index contributed by atoms with van der Waals surface area (Å²) < 4.78 is 5.65. The van der Waals surface area contributed by atoms with Crippen LogP contribution in [0.4, 0.5) is 0 Å². The highest BCUT2D eigenvalue weighted by Crippen LogP contribution is 2.24. The van der Waals surface area contributed by atoms with Gasteiger partial charge in [-0.05, 0) is 37.9 Å². The van der Waals surface area contributed by atoms with Crippen LogP contribution in [0.3, 0.4) is 0 Å². The molecule has 1 aromatic rings. The number of para-hydroxylation sites is 1. The van der Waals surface area contributed by atoms with Gasteiger partial charge in [-0.3, -0.25) is 9.69 Å². The molecule has 1 aliphatic rings. The van der Waals surface area contributed by atoms with E-state index in [0.717, 1.165) is 6.42 Å². The van der Waals surface area contributed by atoms with Crippen LogP contribution in [-0.2, 0) is 4.79 Å². The van der Waals surface area contributed by atoms with Gasteiger partial charge in [0.2, 0.25) is 5.91 Å². The van der Waals surface area contributed by atoms with Crippen molar-refractivity contribution >= 4 is 17.5 Å². The summed E-state index contributed by atoms with van der Waals surface area (Å²) in [7, 11) is 1.93. The van der Waals surface area contributed by atoms with Crippen LogP contribution >= 0.6 is 11.6 Å². The quantitative estimate of drug-likeness (QED) is 0.829. The molecule has 0 saturated heterocycles. The van der Waals surface area contributed by atoms with E-state index in [1.165, 1.54) is 19.3 Å². The second-order valence-electron chi connectivity index (χ2n) is 6.45. The maximum Gasteiger partial charge on any atom is 0.234 e. The topological polar surface area (TPSA) is 41.6 Å². The maximum atomic E-state index is 12.1. The molecule has 0 aromatic heterocycles. The molecule has 0 aliphatic heterocycles. The third-order valence-electron chi connectivity index (χ3n) is 4.44. The highest BCUT2D eigenvalue weighted by Gasteiger charge is 2.22. The molecule has 4 nitrogen and oxygen atoms in total. The van der Waals surface area contributed by atoms with Gasteiger partial charge >= 0.3 is 0 Å². The Kier molecular flexibility index (Phi) is 7.18. The predicted molar refractivity (Wildman–Crippen MR) is 94.0 cm³/mol. The molecule has 1 aromatic carbocycles. The molecule has 1 saturated carbocycles. The summed E-state index contributed by atoms with van der Waals surface area (Å²) in [6.07, 6.45) is 4.82. The van der Waals surface area contributed by atoms with Gasteiger partial charge in [0, 0.05) is 12.6 Å². The molecule has 2 rings (SSSR count). The highest BCUT2D eigenvalue weighted by molar-refractivity contribution is 6.32. The lowest BCUT2D eigenvalue weighted by Gasteiger charge is -2.30. The van der Waals surface area contributed by atoms with E-state index < -0.39 is 0 Å². The lowest BCUT2D eigenvalue weighted by Crippen LogP contribution is -2.45. The minimum atomic E-state index is 0.101. The zero-order valence-corrected chi connectivity index (χ0v) is 14.8. The second-order valence-corrected chi connectivity index (χ2v) is 6.86. The Labute approximate surface area is 144 Å². The molecule has 1 aliphatic carbocycles. The van der Waals surface area contributed by atoms with E-state index in [2.05, 4.69) is 12.2 Å². The number of rotatable bonds is 7. The molecule has 23 heavy (non-hydrogen) atoms. The van der Waals surface area contributed by atoms with Crippen LogP contribution < -0.4 is 10.1 Å². The number of nitrogens with zero attached hydrogens (tertiary/aromatic N) is 1. The van der Waals surface area contributed by atoms with Crippen molar-refractivity contribution in [2.75, 3.05) is 26.7 Å². The Bertz CT molecular complexity index is 510. The van der Waals surface area contributed by atoms with E-state index >= 15 is 0 Å². The molecule has 5 heteroatoms. The first-order chi connectivity index (χ1) is 11.1. The number of benzene rings is 1. The van der Waals surface area contributed by atoms with E-state index in [4.69, 9.17) is 16.3 Å². The summed E-state index contributed by atoms with van der Waals surface area (Å²) in [4.78, 5) is 14.1. The Hall–Kier alpha value is -1.26. The van der Waals surface area contributed by atoms with E-state index in [1.807, 2.05) is 30.1 Å². The standard InChI is InChI=1S/C18H27ClN2O2/c1-14-7-3-5-9-16(14)20-18(22)13-21(2)11-12-23-17-10-6-4-8-15(17)19/h4,6,8,10,14,16H,3,5,7,9,11-13H2,1-2H3,(H,20,22)/t14-,16-/m1/s1. The molecule has 2 atom stereocenters. The van der Waals surface area contributed by atoms with Gasteiger partial charge in [0.05, 0.1) is 11.6 Å². The number of ether oxygens (including phenoxy) is 1. The molecule has 0 unspecified atom stereocenters. The van der Waals surface area contributed by atoms with Crippen molar-refractivity contribution < 1.29 is 9.53 Å². The smallest absolute Gasteiger partial charge is 0.234 e. The number of nitrogens with one attached hydrogen (secondary N) is 1. The normalized spacial score (nSPS) is 21.2. The van der Waals surface area contributed by atoms with Gasteiger partial charge in [0.1, 0.15) is 12.4 Å². The first-order valence-electron chi connectivity index (χ1n) is 8.41. The van der Waals surface area contributed by atoms with Crippen molar-refractivity contribution in [2.45, 2.75) is 38.6 Å². The van der Waals surface area contributed by atoms with Crippen molar-refractivity contribution in [1.82, 2.24) is 10.2 Å². The van der Waals surface area contributed by atoms with Crippen molar-refractivity contribution in [3.05, 3.63) is 29.3 Å². The zero-order valence-electron chi connectivity index (χ0n) is 14.1. The number of hydrogen-bond donors (Lipinski definition) is 1. The number of carbonyl (C=O) groups excluding carboxylic acids is 1. The lowest BCUT2D eigenvalue weighted by molar-refractivity contribution is -0.123. The number of hydrogen-bond acceptors (Lipinski definition) is 3. The summed E-state index contributed by atoms with van der Waals surface area (Å²) in [6.45, 7) is 3.81. The van der Waals surface area contributed by atoms with Gasteiger partial charge in [0.25, 0.3) is 0 Å². The molecule has 0 spiro atoms. The molecule has 0 radical (unpaired) electrons. The summed E-state index contributed by atoms with van der Waals surface area (Å²) in [6, 6.07) is 7.75. The Balaban J connectivity index is 1.66. The van der Waals surface area contributed by atoms with Gasteiger partial charge in [-0.15, -0.1) is 0 Å². The Morgan fingerprint density at radius 2 is 2.09 bits per heavy atom. The van der Waals surface area contributed by atoms with Gasteiger partial charge < -0.3 is 10.1 Å². The van der Waals surface area contributed by atoms with Crippen LogP contribution in [0.15, 0.2) is 24.3 Å². The maximum absolute atomic E-state index is 12.1. The Morgan fingerprint density at radius 3 is 2.83 bits per heavy atom. The van der Waals surface area contributed by atoms with Crippen LogP contribution in [0.5, 0.6) is 5.75 Å². The highest BCUT2D eigenvalue weighted by atomic mass is 35.5. The molecule has 1 amide bonds. The van der Waals surface area contributed by atoms with Crippen LogP contribution in [0.2, 0.25) is 5.02 Å². The van der Waals surface area contributed by atoms with Gasteiger partial charge in [-0.2, -0.15) is 0 Å². The number of likely N-dealkylation sites (N-methyl/N-ethyl adjacent to an activating group) is 1. The fourth-order valence-corrected chi connectivity index (χ4v) is 3.17. The summed E-state index contributed by atoms with van der Waals surface area (Å²) in [5, 5.41) is 3.78. The van der Waals surface area contributed by atoms with Crippen molar-refractivity contribution in [2.24, 2.45) is 5.92 Å². The largest absolute Gasteiger partial charge is 0.491 e. The minimum Gasteiger partial charge on any atom is -0.491 e. The van der Waals surface area contributed by atoms with Crippen LogP contribution in [0.25, 0.3) is 0 Å². The number of carbonyl (C=O) groups is 1. The van der Waals surface area contributed by atoms with Gasteiger partial charge in [-0.1, -0.05) is 43.5 Å². The van der Waals surface area contributed by atoms with Crippen molar-refractivity contribution in [1.29, 1.82) is 0 Å². The van der Waals surface area contributed by atoms with E-state index in [-0.39, 0.29) is 5.91 Å². The van der Waals surface area contributed by atoms with Crippen molar-refractivity contribution in [3.8, 4) is 5.75 Å². The average Bonchev–Trinajstić information content (AvgIpc) is 2.51. The van der Waals surface area contributed by atoms with E-state index in [0.29, 0.717) is 42.4 Å². The first kappa shape index (κ1) is 18.1. The molecule has 1 N–H and O–H groups in total. The summed E-state index contributed by atoms with van der Waals surface area (Å²) in [5.41, 5.74) is 0. The first-order valence-corrected chi connectivity index (χ1v) is 8.79. The summed E-state index contributed by atoms with van der Waals surface area (Å²) >= 11 is 6.04. The fraction of sp³-hybridized carbons (Fsp3) is 0.611. The number of amides is 1. The van der Waals surface area contributed by atoms with E-state index in [9.17, 15) is 4.79 Å². The van der Waals surface area contributed by atoms with Crippen LogP contribution in [0.1, 0.15) is 32.6 Å². The second kappa shape index (κ2) is 9.14. The van der Waals surface area contributed by atoms with Crippen molar-refractivity contribution in [3.63, 3.8) is 0 Å². The molecule has 128 valence electrons. The SMILES string of the molecule is C[C@@H]1CCCC[C@H]1NC(=O)CN(C)CCOc1ccccc1Cl. The Morgan fingerprint density at radius 1 is 1.35 bits per heavy atom. The van der Waals surface area contributed by atoms with Crippen LogP contribution in [0, 0.1) is 5.92 Å². The monoisotopic (exact) mass is 338 g/mol. The molecule has 0 heterocycles. The van der Waals surface area contributed by atoms with E-state index in [1.54, 1.807) is 6.07 Å². The predicted octanol–water partition coefficient (Wildman–Crippen LogP) is 3.35. The zero-order chi connectivity index (χ0) is 16.7. The molecular formula is C18H27ClN2O2. The van der Waals surface area contributed by atoms with Gasteiger partial charge in [-0.25, -0.2) is 0 Å². The molecular weight excluding hydrogens is 312 g/mol. The fourth-order valence-electron chi connectivity index (χ4n) is 2.98. The molecule has 1 fully saturated rings.